The first-order valence-electron chi connectivity index (χ1n) is 14.2. The lowest BCUT2D eigenvalue weighted by molar-refractivity contribution is -0.140. The van der Waals surface area contributed by atoms with E-state index in [0.29, 0.717) is 31.7 Å². The van der Waals surface area contributed by atoms with E-state index < -0.39 is 12.1 Å². The lowest BCUT2D eigenvalue weighted by Gasteiger charge is -2.27. The number of nitrogens with one attached hydrogen (secondary N) is 1. The average molecular weight is 563 g/mol. The van der Waals surface area contributed by atoms with Crippen LogP contribution in [0.3, 0.4) is 0 Å². The van der Waals surface area contributed by atoms with Crippen LogP contribution in [0.5, 0.6) is 5.75 Å². The number of carbonyl (C=O) groups excluding carboxylic acids is 3. The Balaban J connectivity index is 1.26. The molecule has 0 aliphatic carbocycles. The Morgan fingerprint density at radius 2 is 1.95 bits per heavy atom. The lowest BCUT2D eigenvalue weighted by atomic mass is 9.97. The zero-order valence-electron chi connectivity index (χ0n) is 23.7. The molecule has 41 heavy (non-hydrogen) atoms. The molecule has 5 rings (SSSR count). The van der Waals surface area contributed by atoms with Gasteiger partial charge in [-0.2, -0.15) is 0 Å². The molecule has 1 aromatic carbocycles. The molecule has 3 N–H and O–H groups in total. The lowest BCUT2D eigenvalue weighted by Crippen LogP contribution is -2.51. The van der Waals surface area contributed by atoms with E-state index in [-0.39, 0.29) is 36.5 Å². The first kappa shape index (κ1) is 28.5. The van der Waals surface area contributed by atoms with Crippen LogP contribution in [0.1, 0.15) is 43.2 Å². The monoisotopic (exact) mass is 562 g/mol. The number of aromatic nitrogens is 4. The molecule has 2 saturated heterocycles. The van der Waals surface area contributed by atoms with Crippen molar-refractivity contribution in [1.82, 2.24) is 35.1 Å². The standard InChI is InChI=1S/C29H38N8O4/c1-35-25-7-5-19(13-24(25)33-34-35)16-32-28(39)26-14-21(11-20-12-22(41-2)17-31-15-20)18-37(26)29(40)23(30)6-8-27(38)36-9-3-4-10-36/h5,7,12-13,15,17,21,23,26H,3-4,6,8-11,14,16,18,30H2,1-2H3,(H,32,39)/t21?,23-,26+/m1/s1. The highest BCUT2D eigenvalue weighted by Crippen LogP contribution is 2.28. The van der Waals surface area contributed by atoms with Crippen LogP contribution in [0.15, 0.2) is 36.7 Å². The number of fused-ring (bicyclic) bond motifs is 1. The highest BCUT2D eigenvalue weighted by Gasteiger charge is 2.41. The molecule has 4 heterocycles. The summed E-state index contributed by atoms with van der Waals surface area (Å²) in [6.45, 7) is 2.22. The Hall–Kier alpha value is -4.06. The van der Waals surface area contributed by atoms with Crippen molar-refractivity contribution >= 4 is 28.8 Å². The molecule has 0 saturated carbocycles. The molecule has 2 aliphatic heterocycles. The number of benzene rings is 1. The molecule has 12 heteroatoms. The average Bonchev–Trinajstić information content (AvgIpc) is 3.75. The topological polar surface area (TPSA) is 149 Å². The predicted octanol–water partition coefficient (Wildman–Crippen LogP) is 1.18. The molecule has 2 fully saturated rings. The van der Waals surface area contributed by atoms with Gasteiger partial charge in [-0.15, -0.1) is 5.10 Å². The maximum Gasteiger partial charge on any atom is 0.243 e. The van der Waals surface area contributed by atoms with Gasteiger partial charge >= 0.3 is 0 Å². The molecule has 3 aromatic rings. The molecule has 2 aromatic heterocycles. The number of rotatable bonds is 10. The summed E-state index contributed by atoms with van der Waals surface area (Å²) in [5, 5.41) is 11.2. The van der Waals surface area contributed by atoms with Gasteiger partial charge in [-0.05, 0) is 67.3 Å². The van der Waals surface area contributed by atoms with Gasteiger partial charge in [0.2, 0.25) is 17.7 Å². The van der Waals surface area contributed by atoms with Crippen molar-refractivity contribution < 1.29 is 19.1 Å². The highest BCUT2D eigenvalue weighted by atomic mass is 16.5. The normalized spacial score (nSPS) is 19.5. The number of pyridine rings is 1. The number of nitrogens with two attached hydrogens (primary N) is 1. The minimum Gasteiger partial charge on any atom is -0.495 e. The van der Waals surface area contributed by atoms with Gasteiger partial charge in [0.15, 0.2) is 0 Å². The van der Waals surface area contributed by atoms with Gasteiger partial charge in [-0.3, -0.25) is 19.4 Å². The van der Waals surface area contributed by atoms with E-state index in [0.717, 1.165) is 48.1 Å². The van der Waals surface area contributed by atoms with Crippen molar-refractivity contribution in [1.29, 1.82) is 0 Å². The molecule has 3 amide bonds. The highest BCUT2D eigenvalue weighted by molar-refractivity contribution is 5.91. The zero-order valence-corrected chi connectivity index (χ0v) is 23.7. The summed E-state index contributed by atoms with van der Waals surface area (Å²) < 4.78 is 7.00. The fraction of sp³-hybridized carbons (Fsp3) is 0.517. The number of nitrogens with zero attached hydrogens (tertiary/aromatic N) is 6. The number of methoxy groups -OCH3 is 1. The largest absolute Gasteiger partial charge is 0.495 e. The maximum absolute atomic E-state index is 13.6. The van der Waals surface area contributed by atoms with Crippen LogP contribution in [-0.4, -0.2) is 86.3 Å². The molecule has 1 unspecified atom stereocenters. The van der Waals surface area contributed by atoms with Crippen molar-refractivity contribution in [3.05, 3.63) is 47.8 Å². The summed E-state index contributed by atoms with van der Waals surface area (Å²) in [7, 11) is 3.42. The maximum atomic E-state index is 13.6. The third-order valence-electron chi connectivity index (χ3n) is 8.09. The van der Waals surface area contributed by atoms with Gasteiger partial charge in [0.05, 0.1) is 24.9 Å². The molecule has 218 valence electrons. The first-order valence-corrected chi connectivity index (χ1v) is 14.2. The van der Waals surface area contributed by atoms with E-state index >= 15 is 0 Å². The zero-order chi connectivity index (χ0) is 28.9. The summed E-state index contributed by atoms with van der Waals surface area (Å²) in [4.78, 5) is 47.3. The van der Waals surface area contributed by atoms with Crippen LogP contribution < -0.4 is 15.8 Å². The summed E-state index contributed by atoms with van der Waals surface area (Å²) in [6.07, 6.45) is 7.06. The second kappa shape index (κ2) is 12.6. The fourth-order valence-electron chi connectivity index (χ4n) is 5.83. The van der Waals surface area contributed by atoms with Crippen molar-refractivity contribution in [2.24, 2.45) is 18.7 Å². The smallest absolute Gasteiger partial charge is 0.243 e. The second-order valence-corrected chi connectivity index (χ2v) is 11.0. The van der Waals surface area contributed by atoms with Crippen molar-refractivity contribution in [2.45, 2.75) is 57.2 Å². The van der Waals surface area contributed by atoms with Gasteiger partial charge in [0.25, 0.3) is 0 Å². The molecule has 3 atom stereocenters. The van der Waals surface area contributed by atoms with Crippen LogP contribution in [-0.2, 0) is 34.4 Å². The van der Waals surface area contributed by atoms with Crippen LogP contribution in [0, 0.1) is 5.92 Å². The van der Waals surface area contributed by atoms with E-state index in [9.17, 15) is 14.4 Å². The Kier molecular flexibility index (Phi) is 8.77. The van der Waals surface area contributed by atoms with Gasteiger partial charge in [0, 0.05) is 45.8 Å². The predicted molar refractivity (Wildman–Crippen MR) is 151 cm³/mol. The number of hydrogen-bond donors (Lipinski definition) is 2. The van der Waals surface area contributed by atoms with Gasteiger partial charge in [-0.25, -0.2) is 4.68 Å². The van der Waals surface area contributed by atoms with E-state index in [1.165, 1.54) is 0 Å². The Bertz CT molecular complexity index is 1400. The van der Waals surface area contributed by atoms with Crippen LogP contribution in [0.2, 0.25) is 0 Å². The van der Waals surface area contributed by atoms with Crippen LogP contribution in [0.4, 0.5) is 0 Å². The number of hydrogen-bond acceptors (Lipinski definition) is 8. The molecule has 2 aliphatic rings. The minimum atomic E-state index is -0.854. The number of carbonyl (C=O) groups is 3. The number of ether oxygens (including phenoxy) is 1. The molecule has 0 spiro atoms. The van der Waals surface area contributed by atoms with E-state index in [1.807, 2.05) is 36.2 Å². The first-order chi connectivity index (χ1) is 19.8. The third-order valence-corrected chi connectivity index (χ3v) is 8.09. The second-order valence-electron chi connectivity index (χ2n) is 11.0. The summed E-state index contributed by atoms with van der Waals surface area (Å²) in [5.74, 6) is 0.200. The molecular weight excluding hydrogens is 524 g/mol. The van der Waals surface area contributed by atoms with Crippen molar-refractivity contribution in [2.75, 3.05) is 26.7 Å². The molecule has 0 bridgehead atoms. The van der Waals surface area contributed by atoms with Gasteiger partial charge in [-0.1, -0.05) is 11.3 Å². The van der Waals surface area contributed by atoms with Crippen LogP contribution >= 0.6 is 0 Å². The Morgan fingerprint density at radius 3 is 2.73 bits per heavy atom. The SMILES string of the molecule is COc1cncc(CC2C[C@@H](C(=O)NCc3ccc4c(c3)nnn4C)N(C(=O)[C@H](N)CCC(=O)N3CCCC3)C2)c1. The number of amides is 3. The quantitative estimate of drug-likeness (QED) is 0.374. The van der Waals surface area contributed by atoms with E-state index in [1.54, 1.807) is 29.1 Å². The summed E-state index contributed by atoms with van der Waals surface area (Å²) in [5.41, 5.74) is 9.84. The Morgan fingerprint density at radius 1 is 1.15 bits per heavy atom. The van der Waals surface area contributed by atoms with Crippen molar-refractivity contribution in [3.8, 4) is 5.75 Å². The van der Waals surface area contributed by atoms with E-state index in [4.69, 9.17) is 10.5 Å². The van der Waals surface area contributed by atoms with Crippen LogP contribution in [0.25, 0.3) is 11.0 Å². The third kappa shape index (κ3) is 6.64. The minimum absolute atomic E-state index is 0.0324. The number of aryl methyl sites for hydroxylation is 1. The number of likely N-dealkylation sites (tertiary alicyclic amines) is 2. The summed E-state index contributed by atoms with van der Waals surface area (Å²) in [6, 6.07) is 6.15. The van der Waals surface area contributed by atoms with Crippen molar-refractivity contribution in [3.63, 3.8) is 0 Å². The molecule has 12 nitrogen and oxygen atoms in total. The Labute approximate surface area is 239 Å². The van der Waals surface area contributed by atoms with Gasteiger partial charge in [0.1, 0.15) is 17.3 Å². The fourth-order valence-corrected chi connectivity index (χ4v) is 5.83. The summed E-state index contributed by atoms with van der Waals surface area (Å²) >= 11 is 0. The van der Waals surface area contributed by atoms with Gasteiger partial charge < -0.3 is 25.6 Å². The van der Waals surface area contributed by atoms with E-state index in [2.05, 4.69) is 20.6 Å². The molecule has 0 radical (unpaired) electrons. The molecular formula is C29H38N8O4.